The standard InChI is InChI=1S/C29H37N3O4/c1-8-22-17-13-14-18-23(22)25(26(33)30-19-21-15-11-10-12-16-21)32(9-2)27(34)24(20(3)4)31-28(35)36-29(5,6)7/h1,10-18,20,24-25H,9,19H2,2-7H3,(H,30,33)(H,31,35). The lowest BCUT2D eigenvalue weighted by atomic mass is 9.96. The number of amides is 3. The smallest absolute Gasteiger partial charge is 0.408 e. The number of nitrogens with one attached hydrogen (secondary N) is 2. The first-order valence-electron chi connectivity index (χ1n) is 12.2. The summed E-state index contributed by atoms with van der Waals surface area (Å²) in [7, 11) is 0. The first-order chi connectivity index (χ1) is 17.0. The molecule has 0 heterocycles. The number of carbonyl (C=O) groups excluding carboxylic acids is 3. The van der Waals surface area contributed by atoms with Crippen LogP contribution in [0.5, 0.6) is 0 Å². The van der Waals surface area contributed by atoms with Gasteiger partial charge in [0.25, 0.3) is 0 Å². The van der Waals surface area contributed by atoms with E-state index in [1.807, 2.05) is 44.2 Å². The summed E-state index contributed by atoms with van der Waals surface area (Å²) in [6.07, 6.45) is 5.05. The van der Waals surface area contributed by atoms with Crippen molar-refractivity contribution >= 4 is 17.9 Å². The highest BCUT2D eigenvalue weighted by Crippen LogP contribution is 2.26. The lowest BCUT2D eigenvalue weighted by Crippen LogP contribution is -2.54. The highest BCUT2D eigenvalue weighted by molar-refractivity contribution is 5.92. The molecule has 0 saturated carbocycles. The molecule has 2 aromatic carbocycles. The van der Waals surface area contributed by atoms with E-state index < -0.39 is 29.7 Å². The fourth-order valence-corrected chi connectivity index (χ4v) is 3.79. The lowest BCUT2D eigenvalue weighted by molar-refractivity contribution is -0.143. The Kier molecular flexibility index (Phi) is 10.1. The van der Waals surface area contributed by atoms with Gasteiger partial charge in [-0.1, -0.05) is 68.3 Å². The molecule has 7 nitrogen and oxygen atoms in total. The van der Waals surface area contributed by atoms with Crippen LogP contribution in [0.3, 0.4) is 0 Å². The maximum Gasteiger partial charge on any atom is 0.408 e. The highest BCUT2D eigenvalue weighted by Gasteiger charge is 2.37. The number of nitrogens with zero attached hydrogens (tertiary/aromatic N) is 1. The van der Waals surface area contributed by atoms with Gasteiger partial charge in [0.2, 0.25) is 11.8 Å². The Morgan fingerprint density at radius 2 is 1.64 bits per heavy atom. The van der Waals surface area contributed by atoms with Crippen LogP contribution in [0.4, 0.5) is 4.79 Å². The number of carbonyl (C=O) groups is 3. The Bertz CT molecular complexity index is 1080. The molecular weight excluding hydrogens is 454 g/mol. The molecule has 36 heavy (non-hydrogen) atoms. The average molecular weight is 492 g/mol. The summed E-state index contributed by atoms with van der Waals surface area (Å²) in [6, 6.07) is 14.7. The maximum atomic E-state index is 13.8. The van der Waals surface area contributed by atoms with E-state index in [0.29, 0.717) is 17.7 Å². The van der Waals surface area contributed by atoms with Gasteiger partial charge in [-0.05, 0) is 50.8 Å². The summed E-state index contributed by atoms with van der Waals surface area (Å²) in [5.74, 6) is 1.61. The topological polar surface area (TPSA) is 87.7 Å². The molecule has 192 valence electrons. The summed E-state index contributed by atoms with van der Waals surface area (Å²) >= 11 is 0. The molecule has 0 aliphatic heterocycles. The third kappa shape index (κ3) is 7.88. The van der Waals surface area contributed by atoms with Crippen molar-refractivity contribution in [1.29, 1.82) is 0 Å². The largest absolute Gasteiger partial charge is 0.444 e. The van der Waals surface area contributed by atoms with Crippen molar-refractivity contribution in [2.45, 2.75) is 65.8 Å². The number of alkyl carbamates (subject to hydrolysis) is 1. The van der Waals surface area contributed by atoms with Crippen molar-refractivity contribution in [2.75, 3.05) is 6.54 Å². The van der Waals surface area contributed by atoms with Gasteiger partial charge in [0, 0.05) is 18.7 Å². The monoisotopic (exact) mass is 491 g/mol. The van der Waals surface area contributed by atoms with Gasteiger partial charge in [-0.2, -0.15) is 0 Å². The zero-order chi connectivity index (χ0) is 26.9. The molecule has 0 aromatic heterocycles. The van der Waals surface area contributed by atoms with Crippen molar-refractivity contribution in [2.24, 2.45) is 5.92 Å². The van der Waals surface area contributed by atoms with E-state index >= 15 is 0 Å². The Morgan fingerprint density at radius 1 is 1.03 bits per heavy atom. The van der Waals surface area contributed by atoms with Gasteiger partial charge in [-0.15, -0.1) is 6.42 Å². The fraction of sp³-hybridized carbons (Fsp3) is 0.414. The molecule has 0 bridgehead atoms. The van der Waals surface area contributed by atoms with Crippen molar-refractivity contribution in [1.82, 2.24) is 15.5 Å². The SMILES string of the molecule is C#Cc1ccccc1C(C(=O)NCc1ccccc1)N(CC)C(=O)C(NC(=O)OC(C)(C)C)C(C)C. The van der Waals surface area contributed by atoms with Crippen molar-refractivity contribution in [3.63, 3.8) is 0 Å². The van der Waals surface area contributed by atoms with Crippen LogP contribution in [-0.4, -0.2) is 41.0 Å². The highest BCUT2D eigenvalue weighted by atomic mass is 16.6. The summed E-state index contributed by atoms with van der Waals surface area (Å²) in [5, 5.41) is 5.64. The Hall–Kier alpha value is -3.79. The third-order valence-electron chi connectivity index (χ3n) is 5.51. The molecule has 0 aliphatic carbocycles. The van der Waals surface area contributed by atoms with Gasteiger partial charge in [0.15, 0.2) is 0 Å². The van der Waals surface area contributed by atoms with Crippen LogP contribution in [0, 0.1) is 18.3 Å². The van der Waals surface area contributed by atoms with Crippen LogP contribution in [0.25, 0.3) is 0 Å². The number of terminal acetylenes is 1. The first-order valence-corrected chi connectivity index (χ1v) is 12.2. The molecule has 3 amide bonds. The Balaban J connectivity index is 2.43. The van der Waals surface area contributed by atoms with Crippen LogP contribution in [-0.2, 0) is 20.9 Å². The molecule has 2 atom stereocenters. The molecule has 0 saturated heterocycles. The van der Waals surface area contributed by atoms with E-state index in [1.165, 1.54) is 4.90 Å². The van der Waals surface area contributed by atoms with E-state index in [0.717, 1.165) is 5.56 Å². The summed E-state index contributed by atoms with van der Waals surface area (Å²) in [6.45, 7) is 11.2. The number of ether oxygens (including phenoxy) is 1. The number of hydrogen-bond donors (Lipinski definition) is 2. The van der Waals surface area contributed by atoms with Gasteiger partial charge in [0.1, 0.15) is 17.7 Å². The van der Waals surface area contributed by atoms with Crippen LogP contribution in [0.1, 0.15) is 64.3 Å². The molecule has 2 rings (SSSR count). The minimum absolute atomic E-state index is 0.223. The number of benzene rings is 2. The molecule has 0 spiro atoms. The van der Waals surface area contributed by atoms with Crippen LogP contribution >= 0.6 is 0 Å². The summed E-state index contributed by atoms with van der Waals surface area (Å²) in [5.41, 5.74) is 1.27. The molecule has 0 aliphatic rings. The van der Waals surface area contributed by atoms with Crippen molar-refractivity contribution < 1.29 is 19.1 Å². The summed E-state index contributed by atoms with van der Waals surface area (Å²) in [4.78, 5) is 41.4. The molecule has 2 aromatic rings. The van der Waals surface area contributed by atoms with Gasteiger partial charge >= 0.3 is 6.09 Å². The number of likely N-dealkylation sites (N-methyl/N-ethyl adjacent to an activating group) is 1. The van der Waals surface area contributed by atoms with Gasteiger partial charge < -0.3 is 20.3 Å². The van der Waals surface area contributed by atoms with Crippen molar-refractivity contribution in [3.8, 4) is 12.3 Å². The predicted molar refractivity (Wildman–Crippen MR) is 141 cm³/mol. The van der Waals surface area contributed by atoms with Gasteiger partial charge in [-0.3, -0.25) is 9.59 Å². The summed E-state index contributed by atoms with van der Waals surface area (Å²) < 4.78 is 5.37. The zero-order valence-corrected chi connectivity index (χ0v) is 22.0. The van der Waals surface area contributed by atoms with Crippen LogP contribution < -0.4 is 10.6 Å². The second kappa shape index (κ2) is 12.8. The van der Waals surface area contributed by atoms with Gasteiger partial charge in [-0.25, -0.2) is 4.79 Å². The van der Waals surface area contributed by atoms with Crippen LogP contribution in [0.2, 0.25) is 0 Å². The Morgan fingerprint density at radius 3 is 2.19 bits per heavy atom. The predicted octanol–water partition coefficient (Wildman–Crippen LogP) is 4.42. The van der Waals surface area contributed by atoms with E-state index in [2.05, 4.69) is 16.6 Å². The molecule has 7 heteroatoms. The maximum absolute atomic E-state index is 13.8. The number of hydrogen-bond acceptors (Lipinski definition) is 4. The van der Waals surface area contributed by atoms with Crippen molar-refractivity contribution in [3.05, 3.63) is 71.3 Å². The molecule has 2 unspecified atom stereocenters. The first kappa shape index (κ1) is 28.4. The van der Waals surface area contributed by atoms with E-state index in [4.69, 9.17) is 11.2 Å². The van der Waals surface area contributed by atoms with E-state index in [9.17, 15) is 14.4 Å². The zero-order valence-electron chi connectivity index (χ0n) is 22.0. The molecular formula is C29H37N3O4. The van der Waals surface area contributed by atoms with Gasteiger partial charge in [0.05, 0.1) is 0 Å². The molecule has 0 fully saturated rings. The quantitative estimate of drug-likeness (QED) is 0.508. The minimum atomic E-state index is -0.986. The second-order valence-corrected chi connectivity index (χ2v) is 9.83. The molecule has 0 radical (unpaired) electrons. The normalized spacial score (nSPS) is 12.7. The lowest BCUT2D eigenvalue weighted by Gasteiger charge is -2.35. The average Bonchev–Trinajstić information content (AvgIpc) is 2.83. The second-order valence-electron chi connectivity index (χ2n) is 9.83. The number of rotatable bonds is 9. The van der Waals surface area contributed by atoms with E-state index in [1.54, 1.807) is 52.0 Å². The fourth-order valence-electron chi connectivity index (χ4n) is 3.79. The Labute approximate surface area is 214 Å². The molecule has 2 N–H and O–H groups in total. The third-order valence-corrected chi connectivity index (χ3v) is 5.51. The van der Waals surface area contributed by atoms with Crippen LogP contribution in [0.15, 0.2) is 54.6 Å². The minimum Gasteiger partial charge on any atom is -0.444 e. The van der Waals surface area contributed by atoms with E-state index in [-0.39, 0.29) is 18.4 Å².